The van der Waals surface area contributed by atoms with Crippen molar-refractivity contribution in [1.29, 1.82) is 0 Å². The molecule has 10 nitrogen and oxygen atoms in total. The Morgan fingerprint density at radius 3 is 2.31 bits per heavy atom. The van der Waals surface area contributed by atoms with E-state index in [0.29, 0.717) is 16.9 Å². The summed E-state index contributed by atoms with van der Waals surface area (Å²) in [6, 6.07) is 9.20. The first-order valence-corrected chi connectivity index (χ1v) is 7.44. The van der Waals surface area contributed by atoms with E-state index in [2.05, 4.69) is 9.97 Å². The van der Waals surface area contributed by atoms with Gasteiger partial charge in [-0.15, -0.1) is 0 Å². The van der Waals surface area contributed by atoms with Crippen molar-refractivity contribution in [2.45, 2.75) is 13.0 Å². The standard InChI is InChI=1S/C16H12N4O6/c1-9(26-16(21)10-2-4-11(5-3-10)19(22)23)15-17-13-7-6-12(20(24)25)8-14(13)18-15/h2-9H,1H3,(H,17,18). The maximum absolute atomic E-state index is 12.1. The van der Waals surface area contributed by atoms with Gasteiger partial charge in [0.15, 0.2) is 6.10 Å². The third-order valence-corrected chi connectivity index (χ3v) is 3.68. The number of aromatic amines is 1. The Bertz CT molecular complexity index is 1010. The third kappa shape index (κ3) is 3.34. The van der Waals surface area contributed by atoms with Gasteiger partial charge in [-0.2, -0.15) is 0 Å². The van der Waals surface area contributed by atoms with Gasteiger partial charge in [0.2, 0.25) is 0 Å². The summed E-state index contributed by atoms with van der Waals surface area (Å²) in [4.78, 5) is 39.7. The molecule has 1 atom stereocenters. The van der Waals surface area contributed by atoms with Gasteiger partial charge in [-0.3, -0.25) is 20.2 Å². The monoisotopic (exact) mass is 356 g/mol. The maximum atomic E-state index is 12.1. The Balaban J connectivity index is 1.77. The number of non-ortho nitro benzene ring substituents is 2. The van der Waals surface area contributed by atoms with Gasteiger partial charge < -0.3 is 9.72 Å². The van der Waals surface area contributed by atoms with Crippen molar-refractivity contribution in [1.82, 2.24) is 9.97 Å². The molecule has 1 heterocycles. The lowest BCUT2D eigenvalue weighted by molar-refractivity contribution is -0.385. The van der Waals surface area contributed by atoms with E-state index in [1.165, 1.54) is 42.5 Å². The molecule has 0 saturated heterocycles. The largest absolute Gasteiger partial charge is 0.451 e. The number of aromatic nitrogens is 2. The molecule has 0 aliphatic heterocycles. The molecule has 26 heavy (non-hydrogen) atoms. The summed E-state index contributed by atoms with van der Waals surface area (Å²) in [5, 5.41) is 21.4. The highest BCUT2D eigenvalue weighted by Gasteiger charge is 2.19. The number of carbonyl (C=O) groups is 1. The zero-order valence-corrected chi connectivity index (χ0v) is 13.4. The molecular weight excluding hydrogens is 344 g/mol. The van der Waals surface area contributed by atoms with Crippen LogP contribution in [0.1, 0.15) is 29.2 Å². The van der Waals surface area contributed by atoms with Crippen LogP contribution in [-0.2, 0) is 4.74 Å². The van der Waals surface area contributed by atoms with Crippen molar-refractivity contribution in [2.24, 2.45) is 0 Å². The summed E-state index contributed by atoms with van der Waals surface area (Å²) in [7, 11) is 0. The van der Waals surface area contributed by atoms with Gasteiger partial charge in [-0.1, -0.05) is 0 Å². The zero-order valence-electron chi connectivity index (χ0n) is 13.4. The van der Waals surface area contributed by atoms with E-state index in [0.717, 1.165) is 0 Å². The Labute approximate surface area is 145 Å². The average molecular weight is 356 g/mol. The molecule has 3 rings (SSSR count). The fourth-order valence-electron chi connectivity index (χ4n) is 2.33. The highest BCUT2D eigenvalue weighted by Crippen LogP contribution is 2.23. The van der Waals surface area contributed by atoms with Gasteiger partial charge in [0.1, 0.15) is 5.82 Å². The van der Waals surface area contributed by atoms with Crippen LogP contribution in [0.5, 0.6) is 0 Å². The molecule has 1 N–H and O–H groups in total. The van der Waals surface area contributed by atoms with Crippen LogP contribution in [0.15, 0.2) is 42.5 Å². The molecule has 10 heteroatoms. The van der Waals surface area contributed by atoms with Gasteiger partial charge in [-0.05, 0) is 25.1 Å². The number of nitrogens with one attached hydrogen (secondary N) is 1. The molecule has 0 amide bonds. The molecule has 0 radical (unpaired) electrons. The van der Waals surface area contributed by atoms with Crippen molar-refractivity contribution in [3.63, 3.8) is 0 Å². The van der Waals surface area contributed by atoms with Crippen LogP contribution in [0.3, 0.4) is 0 Å². The van der Waals surface area contributed by atoms with E-state index < -0.39 is 21.9 Å². The summed E-state index contributed by atoms with van der Waals surface area (Å²) in [6.07, 6.45) is -0.746. The quantitative estimate of drug-likeness (QED) is 0.420. The second-order valence-electron chi connectivity index (χ2n) is 5.43. The molecule has 3 aromatic rings. The smallest absolute Gasteiger partial charge is 0.338 e. The molecule has 0 bridgehead atoms. The predicted molar refractivity (Wildman–Crippen MR) is 89.7 cm³/mol. The number of esters is 1. The number of ether oxygens (including phenoxy) is 1. The van der Waals surface area contributed by atoms with Gasteiger partial charge in [-0.25, -0.2) is 9.78 Å². The number of H-pyrrole nitrogens is 1. The normalized spacial score (nSPS) is 11.9. The average Bonchev–Trinajstić information content (AvgIpc) is 3.05. The van der Waals surface area contributed by atoms with E-state index in [1.807, 2.05) is 0 Å². The van der Waals surface area contributed by atoms with E-state index in [4.69, 9.17) is 4.74 Å². The summed E-state index contributed by atoms with van der Waals surface area (Å²) >= 11 is 0. The lowest BCUT2D eigenvalue weighted by atomic mass is 10.2. The SMILES string of the molecule is CC(OC(=O)c1ccc([N+](=O)[O-])cc1)c1nc2ccc([N+](=O)[O-])cc2[nH]1. The minimum atomic E-state index is -0.746. The first kappa shape index (κ1) is 17.0. The van der Waals surface area contributed by atoms with Crippen molar-refractivity contribution in [3.8, 4) is 0 Å². The number of imidazole rings is 1. The fourth-order valence-corrected chi connectivity index (χ4v) is 2.33. The minimum Gasteiger partial charge on any atom is -0.451 e. The van der Waals surface area contributed by atoms with Crippen LogP contribution in [-0.4, -0.2) is 25.8 Å². The molecule has 0 spiro atoms. The lowest BCUT2D eigenvalue weighted by Crippen LogP contribution is -2.10. The Hall–Kier alpha value is -3.82. The number of hydrogen-bond donors (Lipinski definition) is 1. The first-order chi connectivity index (χ1) is 12.3. The van der Waals surface area contributed by atoms with Crippen LogP contribution < -0.4 is 0 Å². The second-order valence-corrected chi connectivity index (χ2v) is 5.43. The summed E-state index contributed by atoms with van der Waals surface area (Å²) in [5.41, 5.74) is 0.905. The summed E-state index contributed by atoms with van der Waals surface area (Å²) in [5.74, 6) is -0.338. The van der Waals surface area contributed by atoms with Crippen molar-refractivity contribution >= 4 is 28.4 Å². The number of rotatable bonds is 5. The summed E-state index contributed by atoms with van der Waals surface area (Å²) in [6.45, 7) is 1.59. The maximum Gasteiger partial charge on any atom is 0.338 e. The third-order valence-electron chi connectivity index (χ3n) is 3.68. The van der Waals surface area contributed by atoms with Crippen LogP contribution in [0.2, 0.25) is 0 Å². The van der Waals surface area contributed by atoms with Crippen molar-refractivity contribution in [3.05, 3.63) is 74.1 Å². The molecular formula is C16H12N4O6. The van der Waals surface area contributed by atoms with Crippen molar-refractivity contribution < 1.29 is 19.4 Å². The number of carbonyl (C=O) groups excluding carboxylic acids is 1. The molecule has 0 fully saturated rings. The van der Waals surface area contributed by atoms with Gasteiger partial charge in [0.25, 0.3) is 11.4 Å². The highest BCUT2D eigenvalue weighted by atomic mass is 16.6. The van der Waals surface area contributed by atoms with Crippen LogP contribution >= 0.6 is 0 Å². The van der Waals surface area contributed by atoms with Crippen LogP contribution in [0.25, 0.3) is 11.0 Å². The topological polar surface area (TPSA) is 141 Å². The number of nitro benzene ring substituents is 2. The molecule has 0 aliphatic carbocycles. The molecule has 132 valence electrons. The molecule has 2 aromatic carbocycles. The molecule has 0 saturated carbocycles. The Kier molecular flexibility index (Phi) is 4.31. The Morgan fingerprint density at radius 2 is 1.69 bits per heavy atom. The van der Waals surface area contributed by atoms with E-state index >= 15 is 0 Å². The zero-order chi connectivity index (χ0) is 18.8. The number of nitro groups is 2. The van der Waals surface area contributed by atoms with Gasteiger partial charge in [0.05, 0.1) is 26.4 Å². The van der Waals surface area contributed by atoms with Crippen LogP contribution in [0.4, 0.5) is 11.4 Å². The summed E-state index contributed by atoms with van der Waals surface area (Å²) < 4.78 is 5.29. The molecule has 1 aromatic heterocycles. The number of benzene rings is 2. The first-order valence-electron chi connectivity index (χ1n) is 7.44. The van der Waals surface area contributed by atoms with E-state index in [1.54, 1.807) is 6.92 Å². The van der Waals surface area contributed by atoms with Crippen LogP contribution in [0, 0.1) is 20.2 Å². The van der Waals surface area contributed by atoms with E-state index in [-0.39, 0.29) is 16.9 Å². The van der Waals surface area contributed by atoms with Gasteiger partial charge in [0, 0.05) is 24.3 Å². The second kappa shape index (κ2) is 6.59. The molecule has 1 unspecified atom stereocenters. The lowest BCUT2D eigenvalue weighted by Gasteiger charge is -2.10. The highest BCUT2D eigenvalue weighted by molar-refractivity contribution is 5.89. The minimum absolute atomic E-state index is 0.0803. The Morgan fingerprint density at radius 1 is 1.08 bits per heavy atom. The molecule has 0 aliphatic rings. The number of fused-ring (bicyclic) bond motifs is 1. The predicted octanol–water partition coefficient (Wildman–Crippen LogP) is 3.30. The fraction of sp³-hybridized carbons (Fsp3) is 0.125. The van der Waals surface area contributed by atoms with E-state index in [9.17, 15) is 25.0 Å². The van der Waals surface area contributed by atoms with Gasteiger partial charge >= 0.3 is 5.97 Å². The number of nitrogens with zero attached hydrogens (tertiary/aromatic N) is 3. The van der Waals surface area contributed by atoms with Crippen molar-refractivity contribution in [2.75, 3.05) is 0 Å². The number of hydrogen-bond acceptors (Lipinski definition) is 7.